The van der Waals surface area contributed by atoms with Gasteiger partial charge in [0.1, 0.15) is 0 Å². The lowest BCUT2D eigenvalue weighted by Gasteiger charge is -2.57. The highest BCUT2D eigenvalue weighted by molar-refractivity contribution is 5.89. The molecule has 37 heavy (non-hydrogen) atoms. The molecule has 1 saturated carbocycles. The number of urea groups is 2. The summed E-state index contributed by atoms with van der Waals surface area (Å²) in [5.41, 5.74) is 3.92. The number of carbonyl (C=O) groups excluding carboxylic acids is 2. The molecule has 204 valence electrons. The van der Waals surface area contributed by atoms with Crippen LogP contribution in [0.1, 0.15) is 58.9 Å². The minimum absolute atomic E-state index is 0.0357. The number of rotatable bonds is 10. The van der Waals surface area contributed by atoms with Gasteiger partial charge in [0.05, 0.1) is 0 Å². The molecule has 3 aliphatic carbocycles. The molecule has 0 aromatic heterocycles. The highest BCUT2D eigenvalue weighted by Crippen LogP contribution is 2.59. The Bertz CT molecular complexity index is 949. The molecule has 0 spiro atoms. The number of carbonyl (C=O) groups is 2. The number of anilines is 1. The van der Waals surface area contributed by atoms with Gasteiger partial charge in [0, 0.05) is 58.0 Å². The number of amides is 4. The zero-order chi connectivity index (χ0) is 26.4. The van der Waals surface area contributed by atoms with Gasteiger partial charge in [-0.05, 0) is 60.6 Å². The number of nitrogens with zero attached hydrogens (tertiary/aromatic N) is 3. The van der Waals surface area contributed by atoms with Crippen LogP contribution < -0.4 is 10.6 Å². The first-order chi connectivity index (χ1) is 17.8. The lowest BCUT2D eigenvalue weighted by Crippen LogP contribution is -2.53. The first kappa shape index (κ1) is 27.5. The maximum absolute atomic E-state index is 13.1. The number of benzene rings is 1. The number of aryl methyl sites for hydroxylation is 1. The van der Waals surface area contributed by atoms with E-state index >= 15 is 0 Å². The molecule has 7 heteroatoms. The summed E-state index contributed by atoms with van der Waals surface area (Å²) in [5, 5.41) is 6.17. The molecule has 5 rings (SSSR count). The Hall–Kier alpha value is -2.54. The quantitative estimate of drug-likeness (QED) is 0.336. The molecule has 4 aliphatic rings. The Morgan fingerprint density at radius 2 is 1.81 bits per heavy atom. The molecule has 4 amide bonds. The van der Waals surface area contributed by atoms with Crippen LogP contribution in [0.3, 0.4) is 0 Å². The Kier molecular flexibility index (Phi) is 9.17. The highest BCUT2D eigenvalue weighted by atomic mass is 16.2. The number of hydrogen-bond donors (Lipinski definition) is 2. The summed E-state index contributed by atoms with van der Waals surface area (Å²) in [7, 11) is 0. The fraction of sp³-hybridized carbons (Fsp3) is 0.667. The van der Waals surface area contributed by atoms with Crippen molar-refractivity contribution >= 4 is 17.7 Å². The van der Waals surface area contributed by atoms with Gasteiger partial charge in [0.25, 0.3) is 0 Å². The fourth-order valence-corrected chi connectivity index (χ4v) is 6.08. The van der Waals surface area contributed by atoms with Crippen LogP contribution in [0.15, 0.2) is 35.9 Å². The summed E-state index contributed by atoms with van der Waals surface area (Å²) in [4.78, 5) is 32.1. The van der Waals surface area contributed by atoms with E-state index in [1.54, 1.807) is 0 Å². The smallest absolute Gasteiger partial charge is 0.321 e. The Labute approximate surface area is 223 Å². The van der Waals surface area contributed by atoms with Crippen LogP contribution >= 0.6 is 0 Å². The van der Waals surface area contributed by atoms with Gasteiger partial charge in [0.2, 0.25) is 0 Å². The van der Waals surface area contributed by atoms with E-state index in [4.69, 9.17) is 0 Å². The predicted molar refractivity (Wildman–Crippen MR) is 151 cm³/mol. The van der Waals surface area contributed by atoms with Crippen molar-refractivity contribution in [3.63, 3.8) is 0 Å². The molecule has 2 unspecified atom stereocenters. The van der Waals surface area contributed by atoms with Crippen molar-refractivity contribution < 1.29 is 9.59 Å². The largest absolute Gasteiger partial charge is 0.338 e. The Morgan fingerprint density at radius 1 is 1.08 bits per heavy atom. The van der Waals surface area contributed by atoms with Crippen LogP contribution in [0.5, 0.6) is 0 Å². The Balaban J connectivity index is 1.26. The predicted octanol–water partition coefficient (Wildman–Crippen LogP) is 5.20. The van der Waals surface area contributed by atoms with Crippen LogP contribution in [0.4, 0.5) is 15.3 Å². The van der Waals surface area contributed by atoms with Crippen molar-refractivity contribution in [2.24, 2.45) is 17.3 Å². The van der Waals surface area contributed by atoms with Gasteiger partial charge in [-0.1, -0.05) is 57.9 Å². The summed E-state index contributed by atoms with van der Waals surface area (Å²) in [6.07, 6.45) is 7.90. The SMILES string of the molecule is CCCCNC(=O)N(CCN1CCN(C(=O)Nc2ccc(CC)cc2)CC1)CC1=CCC2CC1C2(C)C. The molecule has 1 aliphatic heterocycles. The molecule has 1 aromatic rings. The summed E-state index contributed by atoms with van der Waals surface area (Å²) >= 11 is 0. The molecule has 1 heterocycles. The van der Waals surface area contributed by atoms with Crippen LogP contribution in [0, 0.1) is 17.3 Å². The summed E-state index contributed by atoms with van der Waals surface area (Å²) < 4.78 is 0. The third-order valence-electron chi connectivity index (χ3n) is 9.01. The molecule has 2 N–H and O–H groups in total. The lowest BCUT2D eigenvalue weighted by molar-refractivity contribution is -0.00982. The van der Waals surface area contributed by atoms with Gasteiger partial charge >= 0.3 is 12.1 Å². The molecule has 2 bridgehead atoms. The molecule has 1 aromatic carbocycles. The topological polar surface area (TPSA) is 67.9 Å². The number of nitrogens with one attached hydrogen (secondary N) is 2. The second-order valence-electron chi connectivity index (χ2n) is 11.6. The molecular weight excluding hydrogens is 462 g/mol. The number of hydrogen-bond acceptors (Lipinski definition) is 3. The van der Waals surface area contributed by atoms with Crippen LogP contribution in [-0.4, -0.2) is 79.1 Å². The molecule has 2 atom stereocenters. The number of unbranched alkanes of at least 4 members (excludes halogenated alkanes) is 1. The van der Waals surface area contributed by atoms with Crippen molar-refractivity contribution in [3.8, 4) is 0 Å². The van der Waals surface area contributed by atoms with E-state index in [1.807, 2.05) is 21.9 Å². The third-order valence-corrected chi connectivity index (χ3v) is 9.01. The molecule has 0 radical (unpaired) electrons. The van der Waals surface area contributed by atoms with Crippen molar-refractivity contribution in [2.75, 3.05) is 57.7 Å². The second-order valence-corrected chi connectivity index (χ2v) is 11.6. The van der Waals surface area contributed by atoms with Gasteiger partial charge in [-0.3, -0.25) is 4.90 Å². The standard InChI is InChI=1S/C30H47N5O2/c1-5-7-14-31-28(36)35(22-24-10-11-25-21-27(24)30(25,3)4)20-17-33-15-18-34(19-16-33)29(37)32-26-12-8-23(6-2)9-13-26/h8-10,12-13,25,27H,5-7,11,14-22H2,1-4H3,(H,31,36)(H,32,37). The average Bonchev–Trinajstić information content (AvgIpc) is 2.91. The van der Waals surface area contributed by atoms with Crippen molar-refractivity contribution in [2.45, 2.75) is 59.8 Å². The molecule has 1 saturated heterocycles. The molecule has 2 fully saturated rings. The van der Waals surface area contributed by atoms with Gasteiger partial charge in [-0.2, -0.15) is 0 Å². The lowest BCUT2D eigenvalue weighted by atomic mass is 9.49. The van der Waals surface area contributed by atoms with Crippen LogP contribution in [-0.2, 0) is 6.42 Å². The van der Waals surface area contributed by atoms with E-state index in [-0.39, 0.29) is 12.1 Å². The van der Waals surface area contributed by atoms with E-state index < -0.39 is 0 Å². The Morgan fingerprint density at radius 3 is 2.43 bits per heavy atom. The third kappa shape index (κ3) is 6.67. The van der Waals surface area contributed by atoms with Crippen LogP contribution in [0.2, 0.25) is 0 Å². The summed E-state index contributed by atoms with van der Waals surface area (Å²) in [5.74, 6) is 1.41. The van der Waals surface area contributed by atoms with E-state index in [1.165, 1.54) is 17.6 Å². The van der Waals surface area contributed by atoms with Crippen molar-refractivity contribution in [1.29, 1.82) is 0 Å². The zero-order valence-electron chi connectivity index (χ0n) is 23.4. The maximum atomic E-state index is 13.1. The van der Waals surface area contributed by atoms with E-state index in [2.05, 4.69) is 61.4 Å². The number of allylic oxidation sites excluding steroid dienone is 1. The molecular formula is C30H47N5O2. The first-order valence-electron chi connectivity index (χ1n) is 14.4. The zero-order valence-corrected chi connectivity index (χ0v) is 23.4. The second kappa shape index (κ2) is 12.3. The van der Waals surface area contributed by atoms with Crippen LogP contribution in [0.25, 0.3) is 0 Å². The number of piperazine rings is 1. The normalized spacial score (nSPS) is 22.6. The monoisotopic (exact) mass is 509 g/mol. The van der Waals surface area contributed by atoms with E-state index in [0.717, 1.165) is 70.0 Å². The van der Waals surface area contributed by atoms with Crippen molar-refractivity contribution in [1.82, 2.24) is 20.0 Å². The average molecular weight is 510 g/mol. The van der Waals surface area contributed by atoms with E-state index in [0.29, 0.717) is 31.0 Å². The maximum Gasteiger partial charge on any atom is 0.321 e. The number of fused-ring (bicyclic) bond motifs is 1. The van der Waals surface area contributed by atoms with E-state index in [9.17, 15) is 9.59 Å². The van der Waals surface area contributed by atoms with Gasteiger partial charge < -0.3 is 20.4 Å². The van der Waals surface area contributed by atoms with Gasteiger partial charge in [-0.15, -0.1) is 0 Å². The van der Waals surface area contributed by atoms with Gasteiger partial charge in [0.15, 0.2) is 0 Å². The van der Waals surface area contributed by atoms with Crippen molar-refractivity contribution in [3.05, 3.63) is 41.5 Å². The first-order valence-corrected chi connectivity index (χ1v) is 14.4. The van der Waals surface area contributed by atoms with Gasteiger partial charge in [-0.25, -0.2) is 9.59 Å². The highest BCUT2D eigenvalue weighted by Gasteiger charge is 2.51. The summed E-state index contributed by atoms with van der Waals surface area (Å²) in [6.45, 7) is 15.1. The minimum Gasteiger partial charge on any atom is -0.338 e. The molecule has 7 nitrogen and oxygen atoms in total. The fourth-order valence-electron chi connectivity index (χ4n) is 6.08. The summed E-state index contributed by atoms with van der Waals surface area (Å²) in [6, 6.07) is 8.09. The minimum atomic E-state index is -0.0357.